The first-order valence-corrected chi connectivity index (χ1v) is 8.76. The van der Waals surface area contributed by atoms with Crippen LogP contribution >= 0.6 is 0 Å². The Morgan fingerprint density at radius 2 is 1.92 bits per heavy atom. The van der Waals surface area contributed by atoms with Gasteiger partial charge < -0.3 is 9.80 Å². The Morgan fingerprint density at radius 3 is 2.62 bits per heavy atom. The minimum absolute atomic E-state index is 0.0267. The standard InChI is InChI=1S/C18H25N3O3/c1-19(2)17-10-9-14(21(23)24)12-15(17)18(22)20-11-5-7-13-6-3-4-8-16(13)20/h9-10,12-13,16H,3-8,11H2,1-2H3. The molecule has 24 heavy (non-hydrogen) atoms. The van der Waals surface area contributed by atoms with Gasteiger partial charge in [0.15, 0.2) is 0 Å². The van der Waals surface area contributed by atoms with Crippen LogP contribution in [0.4, 0.5) is 11.4 Å². The molecule has 2 atom stereocenters. The Bertz CT molecular complexity index is 642. The van der Waals surface area contributed by atoms with Gasteiger partial charge in [-0.2, -0.15) is 0 Å². The zero-order valence-electron chi connectivity index (χ0n) is 14.4. The van der Waals surface area contributed by atoms with Crippen molar-refractivity contribution in [3.8, 4) is 0 Å². The lowest BCUT2D eigenvalue weighted by molar-refractivity contribution is -0.384. The molecule has 130 valence electrons. The van der Waals surface area contributed by atoms with Crippen LogP contribution < -0.4 is 4.90 Å². The van der Waals surface area contributed by atoms with E-state index in [1.54, 1.807) is 6.07 Å². The molecule has 1 amide bonds. The van der Waals surface area contributed by atoms with E-state index >= 15 is 0 Å². The summed E-state index contributed by atoms with van der Waals surface area (Å²) in [5.41, 5.74) is 1.16. The van der Waals surface area contributed by atoms with Crippen LogP contribution in [0.3, 0.4) is 0 Å². The molecule has 1 saturated heterocycles. The molecule has 1 heterocycles. The highest BCUT2D eigenvalue weighted by atomic mass is 16.6. The summed E-state index contributed by atoms with van der Waals surface area (Å²) in [6.45, 7) is 0.759. The van der Waals surface area contributed by atoms with E-state index in [9.17, 15) is 14.9 Å². The third-order valence-corrected chi connectivity index (χ3v) is 5.41. The number of nitro groups is 1. The predicted octanol–water partition coefficient (Wildman–Crippen LogP) is 3.46. The number of anilines is 1. The van der Waals surface area contributed by atoms with Gasteiger partial charge in [0, 0.05) is 44.5 Å². The zero-order chi connectivity index (χ0) is 17.3. The van der Waals surface area contributed by atoms with E-state index in [-0.39, 0.29) is 11.6 Å². The highest BCUT2D eigenvalue weighted by Crippen LogP contribution is 2.37. The van der Waals surface area contributed by atoms with Crippen molar-refractivity contribution >= 4 is 17.3 Å². The molecule has 6 nitrogen and oxygen atoms in total. The van der Waals surface area contributed by atoms with Crippen LogP contribution in [-0.2, 0) is 0 Å². The van der Waals surface area contributed by atoms with Crippen LogP contribution in [0.2, 0.25) is 0 Å². The molecule has 1 aromatic rings. The van der Waals surface area contributed by atoms with Gasteiger partial charge in [-0.3, -0.25) is 14.9 Å². The topological polar surface area (TPSA) is 66.7 Å². The zero-order valence-corrected chi connectivity index (χ0v) is 14.4. The summed E-state index contributed by atoms with van der Waals surface area (Å²) in [7, 11) is 3.72. The lowest BCUT2D eigenvalue weighted by Gasteiger charge is -2.44. The maximum absolute atomic E-state index is 13.2. The summed E-state index contributed by atoms with van der Waals surface area (Å²) in [6, 6.07) is 4.87. The summed E-state index contributed by atoms with van der Waals surface area (Å²) in [4.78, 5) is 27.8. The fourth-order valence-electron chi connectivity index (χ4n) is 4.23. The van der Waals surface area contributed by atoms with Crippen molar-refractivity contribution < 1.29 is 9.72 Å². The van der Waals surface area contributed by atoms with Crippen molar-refractivity contribution in [3.63, 3.8) is 0 Å². The molecular formula is C18H25N3O3. The molecule has 0 radical (unpaired) electrons. The fourth-order valence-corrected chi connectivity index (χ4v) is 4.23. The van der Waals surface area contributed by atoms with E-state index in [1.165, 1.54) is 37.8 Å². The summed E-state index contributed by atoms with van der Waals surface area (Å²) in [5.74, 6) is 0.539. The molecule has 0 N–H and O–H groups in total. The number of fused-ring (bicyclic) bond motifs is 1. The molecule has 1 aliphatic carbocycles. The SMILES string of the molecule is CN(C)c1ccc([N+](=O)[O-])cc1C(=O)N1CCCC2CCCCC21. The van der Waals surface area contributed by atoms with Gasteiger partial charge in [-0.25, -0.2) is 0 Å². The number of rotatable bonds is 3. The Kier molecular flexibility index (Phi) is 4.73. The van der Waals surface area contributed by atoms with Gasteiger partial charge in [-0.15, -0.1) is 0 Å². The molecule has 1 saturated carbocycles. The number of hydrogen-bond acceptors (Lipinski definition) is 4. The number of piperidine rings is 1. The normalized spacial score (nSPS) is 23.5. The van der Waals surface area contributed by atoms with Crippen LogP contribution in [0.5, 0.6) is 0 Å². The Balaban J connectivity index is 1.95. The van der Waals surface area contributed by atoms with Gasteiger partial charge in [-0.1, -0.05) is 12.8 Å². The average molecular weight is 331 g/mol. The Labute approximate surface area is 142 Å². The molecule has 0 aromatic heterocycles. The second kappa shape index (κ2) is 6.79. The summed E-state index contributed by atoms with van der Waals surface area (Å²) in [5, 5.41) is 11.1. The molecule has 3 rings (SSSR count). The number of non-ortho nitro benzene ring substituents is 1. The molecule has 1 aromatic carbocycles. The number of benzene rings is 1. The number of carbonyl (C=O) groups excluding carboxylic acids is 1. The molecule has 0 bridgehead atoms. The van der Waals surface area contributed by atoms with Crippen molar-refractivity contribution in [2.75, 3.05) is 25.5 Å². The van der Waals surface area contributed by atoms with Crippen LogP contribution in [0.15, 0.2) is 18.2 Å². The monoisotopic (exact) mass is 331 g/mol. The van der Waals surface area contributed by atoms with Gasteiger partial charge >= 0.3 is 0 Å². The van der Waals surface area contributed by atoms with Crippen LogP contribution in [0.1, 0.15) is 48.9 Å². The van der Waals surface area contributed by atoms with Crippen molar-refractivity contribution in [3.05, 3.63) is 33.9 Å². The summed E-state index contributed by atoms with van der Waals surface area (Å²) >= 11 is 0. The maximum atomic E-state index is 13.2. The molecule has 2 fully saturated rings. The van der Waals surface area contributed by atoms with E-state index < -0.39 is 4.92 Å². The number of amides is 1. The van der Waals surface area contributed by atoms with Gasteiger partial charge in [0.25, 0.3) is 11.6 Å². The van der Waals surface area contributed by atoms with Crippen molar-refractivity contribution in [2.45, 2.75) is 44.6 Å². The number of likely N-dealkylation sites (tertiary alicyclic amines) is 1. The Morgan fingerprint density at radius 1 is 1.21 bits per heavy atom. The molecule has 1 aliphatic heterocycles. The lowest BCUT2D eigenvalue weighted by Crippen LogP contribution is -2.49. The smallest absolute Gasteiger partial charge is 0.270 e. The Hall–Kier alpha value is -2.11. The fraction of sp³-hybridized carbons (Fsp3) is 0.611. The number of carbonyl (C=O) groups is 1. The third-order valence-electron chi connectivity index (χ3n) is 5.41. The minimum Gasteiger partial charge on any atom is -0.377 e. The first-order chi connectivity index (χ1) is 11.5. The van der Waals surface area contributed by atoms with Crippen molar-refractivity contribution in [1.82, 2.24) is 4.90 Å². The highest BCUT2D eigenvalue weighted by molar-refractivity contribution is 6.00. The number of hydrogen-bond donors (Lipinski definition) is 0. The molecule has 0 spiro atoms. The summed E-state index contributed by atoms with van der Waals surface area (Å²) < 4.78 is 0. The molecular weight excluding hydrogens is 306 g/mol. The van der Waals surface area contributed by atoms with Crippen LogP contribution in [0, 0.1) is 16.0 Å². The van der Waals surface area contributed by atoms with E-state index in [1.807, 2.05) is 23.9 Å². The molecule has 2 aliphatic rings. The quantitative estimate of drug-likeness (QED) is 0.628. The number of nitro benzene ring substituents is 1. The number of nitrogens with zero attached hydrogens (tertiary/aromatic N) is 3. The third kappa shape index (κ3) is 3.09. The molecule has 6 heteroatoms. The maximum Gasteiger partial charge on any atom is 0.270 e. The minimum atomic E-state index is -0.435. The van der Waals surface area contributed by atoms with Crippen LogP contribution in [0.25, 0.3) is 0 Å². The van der Waals surface area contributed by atoms with E-state index in [0.717, 1.165) is 25.1 Å². The van der Waals surface area contributed by atoms with Gasteiger partial charge in [0.1, 0.15) is 0 Å². The van der Waals surface area contributed by atoms with Crippen molar-refractivity contribution in [2.24, 2.45) is 5.92 Å². The van der Waals surface area contributed by atoms with E-state index in [4.69, 9.17) is 0 Å². The van der Waals surface area contributed by atoms with Crippen molar-refractivity contribution in [1.29, 1.82) is 0 Å². The molecule has 2 unspecified atom stereocenters. The first-order valence-electron chi connectivity index (χ1n) is 8.76. The van der Waals surface area contributed by atoms with E-state index in [2.05, 4.69) is 0 Å². The second-order valence-electron chi connectivity index (χ2n) is 7.11. The summed E-state index contributed by atoms with van der Waals surface area (Å²) in [6.07, 6.45) is 6.90. The second-order valence-corrected chi connectivity index (χ2v) is 7.11. The first kappa shape index (κ1) is 16.7. The average Bonchev–Trinajstić information content (AvgIpc) is 2.60. The van der Waals surface area contributed by atoms with Gasteiger partial charge in [-0.05, 0) is 37.7 Å². The van der Waals surface area contributed by atoms with Crippen LogP contribution in [-0.4, -0.2) is 42.4 Å². The largest absolute Gasteiger partial charge is 0.377 e. The highest BCUT2D eigenvalue weighted by Gasteiger charge is 2.37. The van der Waals surface area contributed by atoms with Gasteiger partial charge in [0.2, 0.25) is 0 Å². The lowest BCUT2D eigenvalue weighted by atomic mass is 9.78. The van der Waals surface area contributed by atoms with Gasteiger partial charge in [0.05, 0.1) is 10.5 Å². The van der Waals surface area contributed by atoms with E-state index in [0.29, 0.717) is 17.5 Å². The predicted molar refractivity (Wildman–Crippen MR) is 93.4 cm³/mol.